The van der Waals surface area contributed by atoms with E-state index in [-0.39, 0.29) is 11.6 Å². The maximum atomic E-state index is 12.2. The van der Waals surface area contributed by atoms with Crippen molar-refractivity contribution in [3.63, 3.8) is 0 Å². The minimum atomic E-state index is -0.429. The second kappa shape index (κ2) is 8.94. The normalized spacial score (nSPS) is 20.5. The molecule has 2 N–H and O–H groups in total. The molecular formula is C19H29N3O3. The number of hydrogen-bond donors (Lipinski definition) is 2. The first kappa shape index (κ1) is 19.4. The summed E-state index contributed by atoms with van der Waals surface area (Å²) in [5, 5.41) is 17.3. The zero-order valence-electron chi connectivity index (χ0n) is 15.4. The molecule has 0 saturated heterocycles. The van der Waals surface area contributed by atoms with Crippen LogP contribution in [0.2, 0.25) is 0 Å². The van der Waals surface area contributed by atoms with Crippen molar-refractivity contribution in [1.82, 2.24) is 5.32 Å². The Kier molecular flexibility index (Phi) is 6.93. The third kappa shape index (κ3) is 5.26. The highest BCUT2D eigenvalue weighted by Crippen LogP contribution is 2.30. The molecule has 1 aromatic rings. The van der Waals surface area contributed by atoms with E-state index in [2.05, 4.69) is 24.5 Å². The fourth-order valence-corrected chi connectivity index (χ4v) is 3.75. The van der Waals surface area contributed by atoms with Gasteiger partial charge in [0.25, 0.3) is 5.69 Å². The van der Waals surface area contributed by atoms with E-state index in [4.69, 9.17) is 0 Å². The molecule has 1 fully saturated rings. The fraction of sp³-hybridized carbons (Fsp3) is 0.632. The lowest BCUT2D eigenvalue weighted by atomic mass is 9.78. The summed E-state index contributed by atoms with van der Waals surface area (Å²) in [5.74, 6) is 1.21. The summed E-state index contributed by atoms with van der Waals surface area (Å²) < 4.78 is 0. The van der Waals surface area contributed by atoms with Gasteiger partial charge in [-0.05, 0) is 37.7 Å². The predicted octanol–water partition coefficient (Wildman–Crippen LogP) is 4.04. The minimum Gasteiger partial charge on any atom is -0.326 e. The lowest BCUT2D eigenvalue weighted by molar-refractivity contribution is -0.385. The number of hydrogen-bond acceptors (Lipinski definition) is 4. The number of nitrogens with one attached hydrogen (secondary N) is 2. The summed E-state index contributed by atoms with van der Waals surface area (Å²) in [5.41, 5.74) is 1.02. The van der Waals surface area contributed by atoms with Gasteiger partial charge < -0.3 is 10.6 Å². The smallest absolute Gasteiger partial charge is 0.274 e. The molecule has 0 aromatic heterocycles. The van der Waals surface area contributed by atoms with Gasteiger partial charge in [-0.3, -0.25) is 14.9 Å². The van der Waals surface area contributed by atoms with Gasteiger partial charge in [-0.2, -0.15) is 0 Å². The molecule has 25 heavy (non-hydrogen) atoms. The Bertz CT molecular complexity index is 616. The van der Waals surface area contributed by atoms with Crippen LogP contribution < -0.4 is 10.6 Å². The van der Waals surface area contributed by atoms with E-state index in [9.17, 15) is 14.9 Å². The highest BCUT2D eigenvalue weighted by Gasteiger charge is 2.27. The zero-order valence-corrected chi connectivity index (χ0v) is 15.4. The SMILES string of the molecule is Cc1c(NC(=O)CCN[C@H]2CCCC[C@H]2C(C)C)cccc1[N+](=O)[O-]. The fourth-order valence-electron chi connectivity index (χ4n) is 3.75. The zero-order chi connectivity index (χ0) is 18.4. The van der Waals surface area contributed by atoms with Crippen LogP contribution in [0.4, 0.5) is 11.4 Å². The Balaban J connectivity index is 1.85. The second-order valence-electron chi connectivity index (χ2n) is 7.26. The van der Waals surface area contributed by atoms with Crippen LogP contribution in [-0.2, 0) is 4.79 Å². The molecule has 1 aliphatic carbocycles. The summed E-state index contributed by atoms with van der Waals surface area (Å²) in [4.78, 5) is 22.7. The molecule has 6 nitrogen and oxygen atoms in total. The third-order valence-corrected chi connectivity index (χ3v) is 5.21. The first-order valence-electron chi connectivity index (χ1n) is 9.17. The van der Waals surface area contributed by atoms with Crippen LogP contribution in [0.3, 0.4) is 0 Å². The maximum Gasteiger partial charge on any atom is 0.274 e. The first-order valence-corrected chi connectivity index (χ1v) is 9.17. The summed E-state index contributed by atoms with van der Waals surface area (Å²) in [7, 11) is 0. The Labute approximate surface area is 149 Å². The number of nitrogens with zero attached hydrogens (tertiary/aromatic N) is 1. The number of benzene rings is 1. The van der Waals surface area contributed by atoms with Crippen LogP contribution in [0.1, 0.15) is 51.5 Å². The third-order valence-electron chi connectivity index (χ3n) is 5.21. The van der Waals surface area contributed by atoms with Gasteiger partial charge in [0.05, 0.1) is 16.2 Å². The van der Waals surface area contributed by atoms with Crippen molar-refractivity contribution >= 4 is 17.3 Å². The van der Waals surface area contributed by atoms with Crippen molar-refractivity contribution in [3.8, 4) is 0 Å². The molecular weight excluding hydrogens is 318 g/mol. The highest BCUT2D eigenvalue weighted by atomic mass is 16.6. The number of nitro benzene ring substituents is 1. The molecule has 0 aliphatic heterocycles. The number of carbonyl (C=O) groups is 1. The molecule has 0 radical (unpaired) electrons. The molecule has 1 aromatic carbocycles. The van der Waals surface area contributed by atoms with Crippen molar-refractivity contribution in [2.45, 2.75) is 58.9 Å². The molecule has 0 heterocycles. The second-order valence-corrected chi connectivity index (χ2v) is 7.26. The number of anilines is 1. The van der Waals surface area contributed by atoms with Gasteiger partial charge in [-0.15, -0.1) is 0 Å². The van der Waals surface area contributed by atoms with Crippen LogP contribution in [0.25, 0.3) is 0 Å². The van der Waals surface area contributed by atoms with Crippen molar-refractivity contribution in [2.24, 2.45) is 11.8 Å². The molecule has 138 valence electrons. The average molecular weight is 347 g/mol. The van der Waals surface area contributed by atoms with Crippen molar-refractivity contribution in [2.75, 3.05) is 11.9 Å². The van der Waals surface area contributed by atoms with Crippen LogP contribution in [0.5, 0.6) is 0 Å². The molecule has 1 amide bonds. The summed E-state index contributed by atoms with van der Waals surface area (Å²) in [6.07, 6.45) is 5.35. The molecule has 6 heteroatoms. The molecule has 1 saturated carbocycles. The van der Waals surface area contributed by atoms with Gasteiger partial charge in [0.15, 0.2) is 0 Å². The first-order chi connectivity index (χ1) is 11.9. The molecule has 1 aliphatic rings. The number of nitro groups is 1. The highest BCUT2D eigenvalue weighted by molar-refractivity contribution is 5.92. The van der Waals surface area contributed by atoms with Crippen molar-refractivity contribution in [3.05, 3.63) is 33.9 Å². The summed E-state index contributed by atoms with van der Waals surface area (Å²) in [6.45, 7) is 6.82. The summed E-state index contributed by atoms with van der Waals surface area (Å²) >= 11 is 0. The quantitative estimate of drug-likeness (QED) is 0.576. The largest absolute Gasteiger partial charge is 0.326 e. The van der Waals surface area contributed by atoms with Gasteiger partial charge >= 0.3 is 0 Å². The lowest BCUT2D eigenvalue weighted by Gasteiger charge is -2.35. The van der Waals surface area contributed by atoms with Gasteiger partial charge in [-0.25, -0.2) is 0 Å². The van der Waals surface area contributed by atoms with Crippen LogP contribution >= 0.6 is 0 Å². The van der Waals surface area contributed by atoms with E-state index < -0.39 is 4.92 Å². The monoisotopic (exact) mass is 347 g/mol. The molecule has 2 rings (SSSR count). The Morgan fingerprint density at radius 3 is 2.72 bits per heavy atom. The Morgan fingerprint density at radius 1 is 1.32 bits per heavy atom. The number of rotatable bonds is 7. The predicted molar refractivity (Wildman–Crippen MR) is 99.7 cm³/mol. The van der Waals surface area contributed by atoms with E-state index >= 15 is 0 Å². The van der Waals surface area contributed by atoms with E-state index in [0.717, 1.165) is 0 Å². The number of carbonyl (C=O) groups excluding carboxylic acids is 1. The molecule has 0 bridgehead atoms. The average Bonchev–Trinajstić information content (AvgIpc) is 2.56. The molecule has 0 unspecified atom stereocenters. The molecule has 2 atom stereocenters. The van der Waals surface area contributed by atoms with Gasteiger partial charge in [0.1, 0.15) is 0 Å². The maximum absolute atomic E-state index is 12.2. The lowest BCUT2D eigenvalue weighted by Crippen LogP contribution is -2.41. The Morgan fingerprint density at radius 2 is 2.04 bits per heavy atom. The van der Waals surface area contributed by atoms with Crippen LogP contribution in [0, 0.1) is 28.9 Å². The van der Waals surface area contributed by atoms with E-state index in [1.165, 1.54) is 31.7 Å². The van der Waals surface area contributed by atoms with E-state index in [1.807, 2.05) is 0 Å². The molecule has 0 spiro atoms. The Hall–Kier alpha value is -1.95. The minimum absolute atomic E-state index is 0.0258. The van der Waals surface area contributed by atoms with Crippen LogP contribution in [0.15, 0.2) is 18.2 Å². The van der Waals surface area contributed by atoms with E-state index in [0.29, 0.717) is 42.1 Å². The topological polar surface area (TPSA) is 84.3 Å². The van der Waals surface area contributed by atoms with Crippen LogP contribution in [-0.4, -0.2) is 23.4 Å². The standard InChI is InChI=1S/C19H29N3O3/c1-13(2)15-7-4-5-8-17(15)20-12-11-19(23)21-16-9-6-10-18(14(16)3)22(24)25/h6,9-10,13,15,17,20H,4-5,7-8,11-12H2,1-3H3,(H,21,23)/t15-,17-/m0/s1. The van der Waals surface area contributed by atoms with Crippen molar-refractivity contribution in [1.29, 1.82) is 0 Å². The van der Waals surface area contributed by atoms with Crippen molar-refractivity contribution < 1.29 is 9.72 Å². The number of amides is 1. The van der Waals surface area contributed by atoms with Gasteiger partial charge in [0.2, 0.25) is 5.91 Å². The van der Waals surface area contributed by atoms with Gasteiger partial charge in [0, 0.05) is 25.1 Å². The summed E-state index contributed by atoms with van der Waals surface area (Å²) in [6, 6.07) is 5.22. The van der Waals surface area contributed by atoms with E-state index in [1.54, 1.807) is 19.1 Å². The van der Waals surface area contributed by atoms with Gasteiger partial charge in [-0.1, -0.05) is 32.8 Å².